The van der Waals surface area contributed by atoms with E-state index in [2.05, 4.69) is 5.10 Å². The topological polar surface area (TPSA) is 105 Å². The Morgan fingerprint density at radius 3 is 2.43 bits per heavy atom. The molecule has 1 N–H and O–H groups in total. The second kappa shape index (κ2) is 7.61. The first-order chi connectivity index (χ1) is 11.0. The van der Waals surface area contributed by atoms with Crippen LogP contribution in [0.2, 0.25) is 0 Å². The third-order valence-electron chi connectivity index (χ3n) is 3.57. The minimum atomic E-state index is -1.09. The van der Waals surface area contributed by atoms with E-state index in [1.165, 1.54) is 16.9 Å². The molecule has 9 heteroatoms. The van der Waals surface area contributed by atoms with Crippen LogP contribution < -0.4 is 0 Å². The zero-order valence-corrected chi connectivity index (χ0v) is 13.0. The lowest BCUT2D eigenvalue weighted by Gasteiger charge is -2.34. The molecule has 2 amide bonds. The van der Waals surface area contributed by atoms with Crippen LogP contribution >= 0.6 is 0 Å². The second-order valence-corrected chi connectivity index (χ2v) is 5.09. The number of aromatic nitrogens is 2. The Hall–Kier alpha value is -2.58. The van der Waals surface area contributed by atoms with E-state index < -0.39 is 5.97 Å². The van der Waals surface area contributed by atoms with Gasteiger partial charge in [0.1, 0.15) is 0 Å². The summed E-state index contributed by atoms with van der Waals surface area (Å²) in [5.41, 5.74) is -0.0412. The highest BCUT2D eigenvalue weighted by molar-refractivity contribution is 5.85. The lowest BCUT2D eigenvalue weighted by atomic mass is 10.3. The van der Waals surface area contributed by atoms with E-state index in [1.807, 2.05) is 0 Å². The van der Waals surface area contributed by atoms with Crippen molar-refractivity contribution in [3.05, 3.63) is 18.0 Å². The molecule has 1 saturated heterocycles. The van der Waals surface area contributed by atoms with E-state index in [-0.39, 0.29) is 24.1 Å². The average Bonchev–Trinajstić information content (AvgIpc) is 3.02. The van der Waals surface area contributed by atoms with Crippen molar-refractivity contribution in [2.75, 3.05) is 32.8 Å². The number of aryl methyl sites for hydroxylation is 1. The van der Waals surface area contributed by atoms with Gasteiger partial charge in [0.2, 0.25) is 5.91 Å². The van der Waals surface area contributed by atoms with Crippen LogP contribution in [-0.2, 0) is 16.1 Å². The molecule has 0 aliphatic carbocycles. The number of carboxylic acid groups (broad SMARTS) is 1. The van der Waals surface area contributed by atoms with Gasteiger partial charge in [-0.05, 0) is 13.0 Å². The van der Waals surface area contributed by atoms with Gasteiger partial charge in [0.25, 0.3) is 0 Å². The summed E-state index contributed by atoms with van der Waals surface area (Å²) in [6, 6.07) is 1.39. The fourth-order valence-corrected chi connectivity index (χ4v) is 2.32. The number of rotatable bonds is 5. The van der Waals surface area contributed by atoms with Gasteiger partial charge in [0.15, 0.2) is 5.69 Å². The number of amides is 2. The number of piperazine rings is 1. The van der Waals surface area contributed by atoms with Crippen molar-refractivity contribution in [2.24, 2.45) is 0 Å². The van der Waals surface area contributed by atoms with Gasteiger partial charge >= 0.3 is 12.1 Å². The summed E-state index contributed by atoms with van der Waals surface area (Å²) in [6.07, 6.45) is 1.42. The van der Waals surface area contributed by atoms with Gasteiger partial charge in [-0.25, -0.2) is 9.59 Å². The maximum absolute atomic E-state index is 12.1. The number of nitrogens with zero attached hydrogens (tertiary/aromatic N) is 4. The van der Waals surface area contributed by atoms with Gasteiger partial charge in [0.05, 0.1) is 6.61 Å². The van der Waals surface area contributed by atoms with E-state index >= 15 is 0 Å². The Kier molecular flexibility index (Phi) is 5.56. The summed E-state index contributed by atoms with van der Waals surface area (Å²) in [7, 11) is 0. The van der Waals surface area contributed by atoms with Crippen molar-refractivity contribution in [3.63, 3.8) is 0 Å². The highest BCUT2D eigenvalue weighted by atomic mass is 16.6. The number of carboxylic acids is 1. The standard InChI is InChI=1S/C14H20N4O5/c1-2-23-14(22)17-9-7-16(8-10-17)12(19)4-6-18-5-3-11(15-18)13(20)21/h3,5H,2,4,6-10H2,1H3,(H,20,21). The first-order valence-corrected chi connectivity index (χ1v) is 7.47. The summed E-state index contributed by atoms with van der Waals surface area (Å²) in [5, 5.41) is 12.7. The highest BCUT2D eigenvalue weighted by Gasteiger charge is 2.24. The summed E-state index contributed by atoms with van der Waals surface area (Å²) in [5.74, 6) is -1.13. The summed E-state index contributed by atoms with van der Waals surface area (Å²) < 4.78 is 6.37. The van der Waals surface area contributed by atoms with Gasteiger partial charge < -0.3 is 19.6 Å². The Morgan fingerprint density at radius 2 is 1.87 bits per heavy atom. The fourth-order valence-electron chi connectivity index (χ4n) is 2.32. The Morgan fingerprint density at radius 1 is 1.22 bits per heavy atom. The predicted molar refractivity (Wildman–Crippen MR) is 79.0 cm³/mol. The van der Waals surface area contributed by atoms with Crippen LogP contribution in [0.3, 0.4) is 0 Å². The zero-order chi connectivity index (χ0) is 16.8. The second-order valence-electron chi connectivity index (χ2n) is 5.09. The number of carbonyl (C=O) groups is 3. The van der Waals surface area contributed by atoms with Crippen molar-refractivity contribution in [2.45, 2.75) is 19.9 Å². The Bertz CT molecular complexity index is 577. The molecule has 1 aromatic rings. The summed E-state index contributed by atoms with van der Waals surface area (Å²) in [6.45, 7) is 4.26. The fraction of sp³-hybridized carbons (Fsp3) is 0.571. The van der Waals surface area contributed by atoms with Crippen LogP contribution in [0.5, 0.6) is 0 Å². The monoisotopic (exact) mass is 324 g/mol. The van der Waals surface area contributed by atoms with Crippen LogP contribution in [0.4, 0.5) is 4.79 Å². The Balaban J connectivity index is 1.76. The normalized spacial score (nSPS) is 14.7. The van der Waals surface area contributed by atoms with Gasteiger partial charge in [0, 0.05) is 45.3 Å². The molecule has 2 heterocycles. The van der Waals surface area contributed by atoms with Gasteiger partial charge in [-0.15, -0.1) is 0 Å². The van der Waals surface area contributed by atoms with Crippen LogP contribution in [-0.4, -0.2) is 75.4 Å². The lowest BCUT2D eigenvalue weighted by Crippen LogP contribution is -2.50. The molecule has 0 bridgehead atoms. The first-order valence-electron chi connectivity index (χ1n) is 7.47. The number of aromatic carboxylic acids is 1. The third kappa shape index (κ3) is 4.44. The molecule has 0 saturated carbocycles. The molecule has 2 rings (SSSR count). The molecule has 0 radical (unpaired) electrons. The van der Waals surface area contributed by atoms with Crippen molar-refractivity contribution in [3.8, 4) is 0 Å². The maximum Gasteiger partial charge on any atom is 0.409 e. The molecule has 9 nitrogen and oxygen atoms in total. The van der Waals surface area contributed by atoms with Gasteiger partial charge in [-0.1, -0.05) is 0 Å². The number of ether oxygens (including phenoxy) is 1. The minimum Gasteiger partial charge on any atom is -0.476 e. The molecule has 23 heavy (non-hydrogen) atoms. The van der Waals surface area contributed by atoms with Crippen LogP contribution in [0.25, 0.3) is 0 Å². The lowest BCUT2D eigenvalue weighted by molar-refractivity contribution is -0.133. The molecule has 0 atom stereocenters. The minimum absolute atomic E-state index is 0.0408. The summed E-state index contributed by atoms with van der Waals surface area (Å²) >= 11 is 0. The van der Waals surface area contributed by atoms with Gasteiger partial charge in [-0.3, -0.25) is 9.48 Å². The molecule has 0 aromatic carbocycles. The molecule has 1 aliphatic rings. The number of hydrogen-bond donors (Lipinski definition) is 1. The molecule has 126 valence electrons. The quantitative estimate of drug-likeness (QED) is 0.833. The third-order valence-corrected chi connectivity index (χ3v) is 3.57. The first kappa shape index (κ1) is 16.8. The van der Waals surface area contributed by atoms with Crippen LogP contribution in [0, 0.1) is 0 Å². The Labute approximate surface area is 133 Å². The average molecular weight is 324 g/mol. The SMILES string of the molecule is CCOC(=O)N1CCN(C(=O)CCn2ccc(C(=O)O)n2)CC1. The maximum atomic E-state index is 12.1. The molecular formula is C14H20N4O5. The van der Waals surface area contributed by atoms with E-state index in [1.54, 1.807) is 16.7 Å². The van der Waals surface area contributed by atoms with E-state index in [9.17, 15) is 14.4 Å². The van der Waals surface area contributed by atoms with E-state index in [0.717, 1.165) is 0 Å². The molecule has 1 aromatic heterocycles. The van der Waals surface area contributed by atoms with Crippen molar-refractivity contribution >= 4 is 18.0 Å². The van der Waals surface area contributed by atoms with Crippen molar-refractivity contribution < 1.29 is 24.2 Å². The molecular weight excluding hydrogens is 304 g/mol. The van der Waals surface area contributed by atoms with E-state index in [0.29, 0.717) is 39.3 Å². The van der Waals surface area contributed by atoms with Crippen LogP contribution in [0.1, 0.15) is 23.8 Å². The predicted octanol–water partition coefficient (Wildman–Crippen LogP) is 0.272. The van der Waals surface area contributed by atoms with Crippen LogP contribution in [0.15, 0.2) is 12.3 Å². The molecule has 1 aliphatic heterocycles. The van der Waals surface area contributed by atoms with Crippen molar-refractivity contribution in [1.29, 1.82) is 0 Å². The molecule has 0 unspecified atom stereocenters. The smallest absolute Gasteiger partial charge is 0.409 e. The highest BCUT2D eigenvalue weighted by Crippen LogP contribution is 2.06. The van der Waals surface area contributed by atoms with Crippen molar-refractivity contribution in [1.82, 2.24) is 19.6 Å². The number of carbonyl (C=O) groups excluding carboxylic acids is 2. The van der Waals surface area contributed by atoms with Gasteiger partial charge in [-0.2, -0.15) is 5.10 Å². The number of hydrogen-bond acceptors (Lipinski definition) is 5. The largest absolute Gasteiger partial charge is 0.476 e. The molecule has 1 fully saturated rings. The zero-order valence-electron chi connectivity index (χ0n) is 13.0. The molecule has 0 spiro atoms. The summed E-state index contributed by atoms with van der Waals surface area (Å²) in [4.78, 5) is 37.7. The van der Waals surface area contributed by atoms with E-state index in [4.69, 9.17) is 9.84 Å².